The summed E-state index contributed by atoms with van der Waals surface area (Å²) in [6, 6.07) is 8.16. The largest absolute Gasteiger partial charge is 0.305 e. The van der Waals surface area contributed by atoms with E-state index < -0.39 is 0 Å². The molecule has 0 spiro atoms. The van der Waals surface area contributed by atoms with Gasteiger partial charge in [0.15, 0.2) is 0 Å². The van der Waals surface area contributed by atoms with Gasteiger partial charge in [0.05, 0.1) is 0 Å². The fourth-order valence-corrected chi connectivity index (χ4v) is 2.20. The van der Waals surface area contributed by atoms with Gasteiger partial charge >= 0.3 is 0 Å². The van der Waals surface area contributed by atoms with Crippen LogP contribution in [0.2, 0.25) is 0 Å². The second kappa shape index (κ2) is 4.83. The Morgan fingerprint density at radius 1 is 1.47 bits per heavy atom. The topological polar surface area (TPSA) is 3.24 Å². The van der Waals surface area contributed by atoms with Crippen molar-refractivity contribution in [1.29, 1.82) is 0 Å². The molecule has 1 aliphatic heterocycles. The molecule has 1 aromatic rings. The normalized spacial score (nSPS) is 21.1. The first kappa shape index (κ1) is 10.7. The van der Waals surface area contributed by atoms with E-state index in [0.29, 0.717) is 5.92 Å². The Kier molecular flexibility index (Phi) is 3.45. The van der Waals surface area contributed by atoms with Crippen molar-refractivity contribution >= 4 is 15.9 Å². The molecular weight excluding hydrogens is 250 g/mol. The van der Waals surface area contributed by atoms with Crippen molar-refractivity contribution in [3.8, 4) is 11.8 Å². The van der Waals surface area contributed by atoms with E-state index in [2.05, 4.69) is 51.9 Å². The average molecular weight is 264 g/mol. The van der Waals surface area contributed by atoms with Crippen molar-refractivity contribution in [2.75, 3.05) is 20.1 Å². The SMILES string of the molecule is CN1CCC(C#Cc2cccc(Br)c2)C1. The quantitative estimate of drug-likeness (QED) is 0.651. The van der Waals surface area contributed by atoms with E-state index in [0.717, 1.165) is 16.6 Å². The smallest absolute Gasteiger partial charge is 0.0345 e. The van der Waals surface area contributed by atoms with Crippen molar-refractivity contribution in [2.45, 2.75) is 6.42 Å². The highest BCUT2D eigenvalue weighted by Gasteiger charge is 2.16. The molecule has 1 saturated heterocycles. The lowest BCUT2D eigenvalue weighted by molar-refractivity contribution is 0.409. The molecule has 0 amide bonds. The lowest BCUT2D eigenvalue weighted by atomic mass is 10.1. The third kappa shape index (κ3) is 3.09. The van der Waals surface area contributed by atoms with Gasteiger partial charge in [-0.15, -0.1) is 0 Å². The molecule has 78 valence electrons. The van der Waals surface area contributed by atoms with Gasteiger partial charge in [0.25, 0.3) is 0 Å². The molecule has 1 atom stereocenters. The molecule has 0 saturated carbocycles. The van der Waals surface area contributed by atoms with E-state index in [-0.39, 0.29) is 0 Å². The number of likely N-dealkylation sites (tertiary alicyclic amines) is 1. The summed E-state index contributed by atoms with van der Waals surface area (Å²) in [4.78, 5) is 2.33. The number of nitrogens with zero attached hydrogens (tertiary/aromatic N) is 1. The Balaban J connectivity index is 2.05. The summed E-state index contributed by atoms with van der Waals surface area (Å²) < 4.78 is 1.10. The van der Waals surface area contributed by atoms with Crippen molar-refractivity contribution in [3.63, 3.8) is 0 Å². The lowest BCUT2D eigenvalue weighted by Crippen LogP contribution is -2.13. The van der Waals surface area contributed by atoms with E-state index in [4.69, 9.17) is 0 Å². The number of hydrogen-bond donors (Lipinski definition) is 0. The standard InChI is InChI=1S/C13H14BrN/c1-15-8-7-12(10-15)6-5-11-3-2-4-13(14)9-11/h2-4,9,12H,7-8,10H2,1H3. The van der Waals surface area contributed by atoms with Crippen molar-refractivity contribution in [1.82, 2.24) is 4.90 Å². The van der Waals surface area contributed by atoms with Crippen LogP contribution in [0.5, 0.6) is 0 Å². The molecule has 1 heterocycles. The lowest BCUT2D eigenvalue weighted by Gasteiger charge is -2.03. The summed E-state index contributed by atoms with van der Waals surface area (Å²) in [5.74, 6) is 7.13. The van der Waals surface area contributed by atoms with E-state index in [1.54, 1.807) is 0 Å². The minimum absolute atomic E-state index is 0.550. The van der Waals surface area contributed by atoms with Crippen LogP contribution in [0.15, 0.2) is 28.7 Å². The van der Waals surface area contributed by atoms with E-state index in [1.807, 2.05) is 12.1 Å². The van der Waals surface area contributed by atoms with Gasteiger partial charge in [0, 0.05) is 22.5 Å². The van der Waals surface area contributed by atoms with Gasteiger partial charge in [0.1, 0.15) is 0 Å². The van der Waals surface area contributed by atoms with Gasteiger partial charge in [-0.05, 0) is 38.2 Å². The zero-order valence-corrected chi connectivity index (χ0v) is 10.4. The molecule has 0 bridgehead atoms. The zero-order chi connectivity index (χ0) is 10.7. The molecule has 2 heteroatoms. The highest BCUT2D eigenvalue weighted by atomic mass is 79.9. The molecule has 2 rings (SSSR count). The molecule has 1 unspecified atom stereocenters. The Labute approximate surface area is 99.6 Å². The average Bonchev–Trinajstić information content (AvgIpc) is 2.62. The zero-order valence-electron chi connectivity index (χ0n) is 8.83. The van der Waals surface area contributed by atoms with Crippen LogP contribution in [0.1, 0.15) is 12.0 Å². The molecule has 0 N–H and O–H groups in total. The summed E-state index contributed by atoms with van der Waals surface area (Å²) in [5, 5.41) is 0. The maximum absolute atomic E-state index is 3.45. The van der Waals surface area contributed by atoms with Gasteiger partial charge in [-0.2, -0.15) is 0 Å². The minimum Gasteiger partial charge on any atom is -0.305 e. The van der Waals surface area contributed by atoms with Crippen LogP contribution in [-0.4, -0.2) is 25.0 Å². The van der Waals surface area contributed by atoms with Crippen LogP contribution in [0.3, 0.4) is 0 Å². The first-order valence-electron chi connectivity index (χ1n) is 5.20. The second-order valence-electron chi connectivity index (χ2n) is 4.03. The van der Waals surface area contributed by atoms with Gasteiger partial charge < -0.3 is 4.90 Å². The summed E-state index contributed by atoms with van der Waals surface area (Å²) in [5.41, 5.74) is 1.10. The maximum atomic E-state index is 3.45. The molecule has 0 aliphatic carbocycles. The van der Waals surface area contributed by atoms with Gasteiger partial charge in [-0.25, -0.2) is 0 Å². The third-order valence-corrected chi connectivity index (χ3v) is 3.13. The minimum atomic E-state index is 0.550. The Hall–Kier alpha value is -0.780. The van der Waals surface area contributed by atoms with Crippen molar-refractivity contribution < 1.29 is 0 Å². The number of rotatable bonds is 0. The van der Waals surface area contributed by atoms with Crippen LogP contribution in [-0.2, 0) is 0 Å². The van der Waals surface area contributed by atoms with Crippen molar-refractivity contribution in [3.05, 3.63) is 34.3 Å². The molecule has 0 radical (unpaired) electrons. The van der Waals surface area contributed by atoms with Crippen molar-refractivity contribution in [2.24, 2.45) is 5.92 Å². The second-order valence-corrected chi connectivity index (χ2v) is 4.94. The molecule has 15 heavy (non-hydrogen) atoms. The van der Waals surface area contributed by atoms with E-state index in [9.17, 15) is 0 Å². The Bertz CT molecular complexity index is 402. The molecule has 1 nitrogen and oxygen atoms in total. The van der Waals surface area contributed by atoms with Crippen LogP contribution < -0.4 is 0 Å². The Morgan fingerprint density at radius 3 is 3.00 bits per heavy atom. The summed E-state index contributed by atoms with van der Waals surface area (Å²) in [6.45, 7) is 2.29. The van der Waals surface area contributed by atoms with Crippen LogP contribution in [0.4, 0.5) is 0 Å². The summed E-state index contributed by atoms with van der Waals surface area (Å²) in [6.07, 6.45) is 1.21. The molecule has 1 fully saturated rings. The number of halogens is 1. The van der Waals surface area contributed by atoms with Gasteiger partial charge in [-0.3, -0.25) is 0 Å². The van der Waals surface area contributed by atoms with E-state index >= 15 is 0 Å². The van der Waals surface area contributed by atoms with Gasteiger partial charge in [-0.1, -0.05) is 33.8 Å². The predicted molar refractivity (Wildman–Crippen MR) is 66.6 cm³/mol. The molecule has 1 aromatic carbocycles. The van der Waals surface area contributed by atoms with Crippen LogP contribution in [0, 0.1) is 17.8 Å². The monoisotopic (exact) mass is 263 g/mol. The predicted octanol–water partition coefficient (Wildman–Crippen LogP) is 2.75. The first-order valence-corrected chi connectivity index (χ1v) is 5.99. The maximum Gasteiger partial charge on any atom is 0.0345 e. The Morgan fingerprint density at radius 2 is 2.33 bits per heavy atom. The summed E-state index contributed by atoms with van der Waals surface area (Å²) >= 11 is 3.45. The molecule has 0 aromatic heterocycles. The molecule has 1 aliphatic rings. The van der Waals surface area contributed by atoms with Crippen LogP contribution >= 0.6 is 15.9 Å². The number of benzene rings is 1. The van der Waals surface area contributed by atoms with Gasteiger partial charge in [0.2, 0.25) is 0 Å². The fourth-order valence-electron chi connectivity index (χ4n) is 1.80. The molecular formula is C13H14BrN. The highest BCUT2D eigenvalue weighted by molar-refractivity contribution is 9.10. The van der Waals surface area contributed by atoms with Crippen LogP contribution in [0.25, 0.3) is 0 Å². The summed E-state index contributed by atoms with van der Waals surface area (Å²) in [7, 11) is 2.15. The third-order valence-electron chi connectivity index (χ3n) is 2.64. The number of hydrogen-bond acceptors (Lipinski definition) is 1. The highest BCUT2D eigenvalue weighted by Crippen LogP contribution is 2.14. The fraction of sp³-hybridized carbons (Fsp3) is 0.385. The van der Waals surface area contributed by atoms with E-state index in [1.165, 1.54) is 13.0 Å². The first-order chi connectivity index (χ1) is 7.24.